The minimum Gasteiger partial charge on any atom is -0.309 e. The van der Waals surface area contributed by atoms with Crippen LogP contribution in [0.5, 0.6) is 0 Å². The Morgan fingerprint density at radius 2 is 0.643 bits per heavy atom. The molecule has 70 heavy (non-hydrogen) atoms. The number of hydrogen-bond acceptors (Lipinski definition) is 0. The molecule has 11 aromatic carbocycles. The zero-order valence-electron chi connectivity index (χ0n) is 38.3. The van der Waals surface area contributed by atoms with Crippen molar-refractivity contribution in [2.75, 3.05) is 0 Å². The molecule has 0 saturated heterocycles. The Morgan fingerprint density at radius 1 is 0.257 bits per heavy atom. The second kappa shape index (κ2) is 16.1. The molecule has 3 aromatic heterocycles. The van der Waals surface area contributed by atoms with Crippen LogP contribution in [0.4, 0.5) is 0 Å². The molecular formula is C66H45N3Si. The molecule has 0 N–H and O–H groups in total. The second-order valence-corrected chi connectivity index (χ2v) is 22.1. The number of hydrogen-bond donors (Lipinski definition) is 0. The molecule has 3 nitrogen and oxygen atoms in total. The fourth-order valence-corrected chi connectivity index (χ4v) is 17.1. The van der Waals surface area contributed by atoms with E-state index in [0.29, 0.717) is 0 Å². The molecule has 0 radical (unpaired) electrons. The van der Waals surface area contributed by atoms with Crippen LogP contribution >= 0.6 is 0 Å². The Balaban J connectivity index is 1.20. The summed E-state index contributed by atoms with van der Waals surface area (Å²) in [6, 6.07) is 102. The monoisotopic (exact) mass is 907 g/mol. The standard InChI is InChI=1S/C66H45N3Si/c1-5-23-46(24-6-1)51-31-13-18-36-58(51)69-62-40-22-16-34-54(62)56-42-41-47(45-64(56)69)67-59-37-19-17-35-55(59)57-43-44-63(68-60-38-20-14-32-52(60)53-33-15-21-39-61(53)68)66(65(57)67)70(48-25-7-2-8-26-48,49-27-9-3-10-28-49)50-29-11-4-12-30-50/h1-45H. The fraction of sp³-hybridized carbons (Fsp3) is 0. The maximum Gasteiger partial charge on any atom is 0.184 e. The lowest BCUT2D eigenvalue weighted by molar-refractivity contribution is 1.15. The van der Waals surface area contributed by atoms with Crippen molar-refractivity contribution in [1.82, 2.24) is 13.7 Å². The second-order valence-electron chi connectivity index (χ2n) is 18.4. The smallest absolute Gasteiger partial charge is 0.184 e. The van der Waals surface area contributed by atoms with E-state index in [2.05, 4.69) is 287 Å². The lowest BCUT2D eigenvalue weighted by Gasteiger charge is -2.37. The van der Waals surface area contributed by atoms with Crippen LogP contribution in [0.3, 0.4) is 0 Å². The van der Waals surface area contributed by atoms with Gasteiger partial charge in [0.2, 0.25) is 0 Å². The van der Waals surface area contributed by atoms with Gasteiger partial charge in [-0.25, -0.2) is 0 Å². The molecule has 0 fully saturated rings. The van der Waals surface area contributed by atoms with Crippen molar-refractivity contribution in [3.63, 3.8) is 0 Å². The van der Waals surface area contributed by atoms with Gasteiger partial charge in [0.15, 0.2) is 8.07 Å². The maximum absolute atomic E-state index is 3.30. The first-order valence-electron chi connectivity index (χ1n) is 24.2. The van der Waals surface area contributed by atoms with E-state index in [0.717, 1.165) is 16.9 Å². The van der Waals surface area contributed by atoms with Crippen molar-refractivity contribution in [1.29, 1.82) is 0 Å². The average Bonchev–Trinajstić information content (AvgIpc) is 4.08. The van der Waals surface area contributed by atoms with E-state index in [-0.39, 0.29) is 0 Å². The predicted molar refractivity (Wildman–Crippen MR) is 299 cm³/mol. The molecule has 0 unspecified atom stereocenters. The van der Waals surface area contributed by atoms with E-state index >= 15 is 0 Å². The molecule has 0 aliphatic carbocycles. The van der Waals surface area contributed by atoms with E-state index in [9.17, 15) is 0 Å². The van der Waals surface area contributed by atoms with E-state index < -0.39 is 8.07 Å². The molecule has 0 spiro atoms. The average molecular weight is 908 g/mol. The van der Waals surface area contributed by atoms with Gasteiger partial charge >= 0.3 is 0 Å². The van der Waals surface area contributed by atoms with Gasteiger partial charge in [-0.3, -0.25) is 0 Å². The summed E-state index contributed by atoms with van der Waals surface area (Å²) in [6.07, 6.45) is 0. The fourth-order valence-electron chi connectivity index (χ4n) is 11.9. The highest BCUT2D eigenvalue weighted by atomic mass is 28.3. The van der Waals surface area contributed by atoms with Crippen LogP contribution in [0.15, 0.2) is 273 Å². The molecule has 0 amide bonds. The van der Waals surface area contributed by atoms with E-state index in [1.165, 1.54) is 97.5 Å². The lowest BCUT2D eigenvalue weighted by atomic mass is 10.0. The van der Waals surface area contributed by atoms with Gasteiger partial charge in [-0.2, -0.15) is 0 Å². The van der Waals surface area contributed by atoms with Gasteiger partial charge in [-0.15, -0.1) is 0 Å². The van der Waals surface area contributed by atoms with Crippen LogP contribution in [0, 0.1) is 0 Å². The number of rotatable bonds is 8. The van der Waals surface area contributed by atoms with Crippen LogP contribution in [0.1, 0.15) is 0 Å². The minimum atomic E-state index is -3.30. The predicted octanol–water partition coefficient (Wildman–Crippen LogP) is 14.0. The summed E-state index contributed by atoms with van der Waals surface area (Å²) in [5.41, 5.74) is 12.9. The Hall–Kier alpha value is -8.96. The summed E-state index contributed by atoms with van der Waals surface area (Å²) in [4.78, 5) is 0. The number of aromatic nitrogens is 3. The Kier molecular flexibility index (Phi) is 9.23. The molecule has 14 rings (SSSR count). The molecule has 4 heteroatoms. The molecule has 0 aliphatic rings. The van der Waals surface area contributed by atoms with Gasteiger partial charge in [-0.1, -0.05) is 224 Å². The summed E-state index contributed by atoms with van der Waals surface area (Å²) >= 11 is 0. The first-order valence-corrected chi connectivity index (χ1v) is 26.2. The molecule has 3 heterocycles. The van der Waals surface area contributed by atoms with Gasteiger partial charge in [0.05, 0.1) is 38.8 Å². The van der Waals surface area contributed by atoms with Gasteiger partial charge < -0.3 is 13.7 Å². The first kappa shape index (κ1) is 40.1. The maximum atomic E-state index is 2.61. The molecule has 328 valence electrons. The van der Waals surface area contributed by atoms with Crippen molar-refractivity contribution >= 4 is 94.2 Å². The summed E-state index contributed by atoms with van der Waals surface area (Å²) in [5.74, 6) is 0. The van der Waals surface area contributed by atoms with E-state index in [4.69, 9.17) is 0 Å². The van der Waals surface area contributed by atoms with E-state index in [1.54, 1.807) is 0 Å². The minimum absolute atomic E-state index is 1.11. The zero-order chi connectivity index (χ0) is 46.2. The van der Waals surface area contributed by atoms with Crippen LogP contribution in [0.25, 0.3) is 93.6 Å². The normalized spacial score (nSPS) is 12.0. The van der Waals surface area contributed by atoms with Crippen molar-refractivity contribution in [3.05, 3.63) is 273 Å². The third-order valence-corrected chi connectivity index (χ3v) is 19.6. The summed E-state index contributed by atoms with van der Waals surface area (Å²) < 4.78 is 7.67. The van der Waals surface area contributed by atoms with Crippen molar-refractivity contribution in [2.24, 2.45) is 0 Å². The quantitative estimate of drug-likeness (QED) is 0.107. The summed E-state index contributed by atoms with van der Waals surface area (Å²) in [5, 5.41) is 12.7. The van der Waals surface area contributed by atoms with Crippen LogP contribution in [-0.4, -0.2) is 21.8 Å². The Bertz CT molecular complexity index is 4130. The van der Waals surface area contributed by atoms with Gasteiger partial charge in [0.25, 0.3) is 0 Å². The van der Waals surface area contributed by atoms with Crippen molar-refractivity contribution in [2.45, 2.75) is 0 Å². The SMILES string of the molecule is c1ccc(-c2ccccc2-n2c3ccccc3c3ccc(-n4c5ccccc5c5ccc(-n6c7ccccc7c7ccccc76)c([Si](c6ccccc6)(c6ccccc6)c6ccccc6)c54)cc32)cc1. The highest BCUT2D eigenvalue weighted by Crippen LogP contribution is 2.41. The van der Waals surface area contributed by atoms with Gasteiger partial charge in [-0.05, 0) is 69.7 Å². The molecule has 0 atom stereocenters. The molecule has 0 bridgehead atoms. The largest absolute Gasteiger partial charge is 0.309 e. The third-order valence-electron chi connectivity index (χ3n) is 14.8. The van der Waals surface area contributed by atoms with Crippen molar-refractivity contribution < 1.29 is 0 Å². The highest BCUT2D eigenvalue weighted by molar-refractivity contribution is 7.21. The van der Waals surface area contributed by atoms with Gasteiger partial charge in [0.1, 0.15) is 0 Å². The molecule has 14 aromatic rings. The Labute approximate surface area is 407 Å². The van der Waals surface area contributed by atoms with Crippen molar-refractivity contribution in [3.8, 4) is 28.2 Å². The first-order chi connectivity index (χ1) is 34.8. The Morgan fingerprint density at radius 3 is 1.17 bits per heavy atom. The topological polar surface area (TPSA) is 14.8 Å². The lowest BCUT2D eigenvalue weighted by Crippen LogP contribution is -2.75. The molecule has 0 aliphatic heterocycles. The van der Waals surface area contributed by atoms with Crippen LogP contribution in [-0.2, 0) is 0 Å². The molecule has 0 saturated carbocycles. The zero-order valence-corrected chi connectivity index (χ0v) is 39.3. The number of nitrogens with zero attached hydrogens (tertiary/aromatic N) is 3. The summed E-state index contributed by atoms with van der Waals surface area (Å²) in [7, 11) is -3.30. The number of fused-ring (bicyclic) bond motifs is 9. The van der Waals surface area contributed by atoms with Crippen LogP contribution < -0.4 is 20.7 Å². The number of para-hydroxylation sites is 5. The number of benzene rings is 11. The highest BCUT2D eigenvalue weighted by Gasteiger charge is 2.46. The van der Waals surface area contributed by atoms with Crippen LogP contribution in [0.2, 0.25) is 0 Å². The third kappa shape index (κ3) is 5.87. The summed E-state index contributed by atoms with van der Waals surface area (Å²) in [6.45, 7) is 0. The molecular weight excluding hydrogens is 863 g/mol. The van der Waals surface area contributed by atoms with E-state index in [1.807, 2.05) is 0 Å². The van der Waals surface area contributed by atoms with Gasteiger partial charge in [0, 0.05) is 54.4 Å².